The van der Waals surface area contributed by atoms with Crippen molar-refractivity contribution in [1.29, 1.82) is 0 Å². The second kappa shape index (κ2) is 7.79. The van der Waals surface area contributed by atoms with Crippen molar-refractivity contribution in [3.63, 3.8) is 0 Å². The van der Waals surface area contributed by atoms with Crippen LogP contribution >= 0.6 is 0 Å². The van der Waals surface area contributed by atoms with E-state index in [1.54, 1.807) is 35.1 Å². The Morgan fingerprint density at radius 2 is 1.79 bits per heavy atom. The minimum atomic E-state index is -0.387. The van der Waals surface area contributed by atoms with Crippen LogP contribution in [0, 0.1) is 16.7 Å². The number of hydrogen-bond donors (Lipinski definition) is 0. The van der Waals surface area contributed by atoms with Crippen molar-refractivity contribution >= 4 is 11.4 Å². The summed E-state index contributed by atoms with van der Waals surface area (Å²) < 4.78 is 1.72. The van der Waals surface area contributed by atoms with E-state index in [4.69, 9.17) is 6.57 Å². The van der Waals surface area contributed by atoms with Crippen LogP contribution in [0.4, 0.5) is 11.4 Å². The lowest BCUT2D eigenvalue weighted by Gasteiger charge is -2.06. The first-order valence-corrected chi connectivity index (χ1v) is 8.98. The predicted octanol–water partition coefficient (Wildman–Crippen LogP) is 5.72. The second-order valence-corrected chi connectivity index (χ2v) is 6.54. The molecule has 0 aliphatic carbocycles. The monoisotopic (exact) mass is 380 g/mol. The molecule has 4 aromatic rings. The number of benzene rings is 3. The molecule has 6 heteroatoms. The van der Waals surface area contributed by atoms with Crippen LogP contribution in [0.15, 0.2) is 85.1 Å². The molecule has 0 unspecified atom stereocenters. The quantitative estimate of drug-likeness (QED) is 0.252. The lowest BCUT2D eigenvalue weighted by Crippen LogP contribution is -2.00. The van der Waals surface area contributed by atoms with Crippen molar-refractivity contribution in [2.45, 2.75) is 6.54 Å². The van der Waals surface area contributed by atoms with Crippen LogP contribution in [0.5, 0.6) is 0 Å². The highest BCUT2D eigenvalue weighted by Gasteiger charge is 2.18. The molecule has 29 heavy (non-hydrogen) atoms. The summed E-state index contributed by atoms with van der Waals surface area (Å²) in [7, 11) is 0. The fraction of sp³-hybridized carbons (Fsp3) is 0.0435. The van der Waals surface area contributed by atoms with Gasteiger partial charge in [0, 0.05) is 12.3 Å². The van der Waals surface area contributed by atoms with Gasteiger partial charge in [0.25, 0.3) is 5.69 Å². The van der Waals surface area contributed by atoms with Crippen molar-refractivity contribution in [2.24, 2.45) is 0 Å². The largest absolute Gasteiger partial charge is 0.278 e. The number of hydrogen-bond acceptors (Lipinski definition) is 3. The summed E-state index contributed by atoms with van der Waals surface area (Å²) in [5.41, 5.74) is 4.43. The van der Waals surface area contributed by atoms with Gasteiger partial charge >= 0.3 is 0 Å². The number of rotatable bonds is 5. The van der Waals surface area contributed by atoms with Gasteiger partial charge in [-0.2, -0.15) is 5.10 Å². The third kappa shape index (κ3) is 3.89. The zero-order valence-corrected chi connectivity index (χ0v) is 15.4. The fourth-order valence-electron chi connectivity index (χ4n) is 3.22. The average Bonchev–Trinajstić information content (AvgIpc) is 3.22. The summed E-state index contributed by atoms with van der Waals surface area (Å²) in [5.74, 6) is 0. The molecule has 0 aliphatic rings. The fourth-order valence-corrected chi connectivity index (χ4v) is 3.22. The molecule has 0 atom stereocenters. The maximum Gasteiger partial charge on any atom is 0.278 e. The van der Waals surface area contributed by atoms with Crippen molar-refractivity contribution in [2.75, 3.05) is 0 Å². The molecule has 3 aromatic carbocycles. The Labute approximate surface area is 167 Å². The van der Waals surface area contributed by atoms with Crippen LogP contribution < -0.4 is 0 Å². The van der Waals surface area contributed by atoms with Gasteiger partial charge in [-0.1, -0.05) is 54.6 Å². The summed E-state index contributed by atoms with van der Waals surface area (Å²) >= 11 is 0. The standard InChI is InChI=1S/C23H16N4O2/c1-24-20-9-5-6-17(14-20)16-26-13-12-22(25-26)21-15-19(10-11-23(21)27(28)29)18-7-3-2-4-8-18/h2-15H,16H2. The molecule has 0 radical (unpaired) electrons. The van der Waals surface area contributed by atoms with Crippen molar-refractivity contribution in [3.05, 3.63) is 112 Å². The van der Waals surface area contributed by atoms with Crippen LogP contribution in [-0.4, -0.2) is 14.7 Å². The summed E-state index contributed by atoms with van der Waals surface area (Å²) in [5, 5.41) is 16.1. The van der Waals surface area contributed by atoms with Crippen LogP contribution in [0.3, 0.4) is 0 Å². The zero-order chi connectivity index (χ0) is 20.2. The Hall–Kier alpha value is -4.24. The van der Waals surface area contributed by atoms with Gasteiger partial charge in [0.15, 0.2) is 5.69 Å². The van der Waals surface area contributed by atoms with Gasteiger partial charge in [-0.25, -0.2) is 4.85 Å². The van der Waals surface area contributed by atoms with Crippen molar-refractivity contribution in [3.8, 4) is 22.4 Å². The van der Waals surface area contributed by atoms with Gasteiger partial charge in [0.05, 0.1) is 29.3 Å². The average molecular weight is 380 g/mol. The van der Waals surface area contributed by atoms with Crippen LogP contribution in [0.1, 0.15) is 5.56 Å². The van der Waals surface area contributed by atoms with Crippen molar-refractivity contribution < 1.29 is 4.92 Å². The lowest BCUT2D eigenvalue weighted by atomic mass is 10.0. The van der Waals surface area contributed by atoms with E-state index in [-0.39, 0.29) is 10.6 Å². The van der Waals surface area contributed by atoms with E-state index in [2.05, 4.69) is 9.94 Å². The summed E-state index contributed by atoms with van der Waals surface area (Å²) in [4.78, 5) is 14.6. The van der Waals surface area contributed by atoms with Gasteiger partial charge in [-0.3, -0.25) is 14.8 Å². The Balaban J connectivity index is 1.70. The summed E-state index contributed by atoms with van der Waals surface area (Å²) in [6, 6.07) is 23.9. The summed E-state index contributed by atoms with van der Waals surface area (Å²) in [6.45, 7) is 7.61. The SMILES string of the molecule is [C-]#[N+]c1cccc(Cn2ccc(-c3cc(-c4ccccc4)ccc3[N+](=O)[O-])n2)c1. The van der Waals surface area contributed by atoms with Crippen LogP contribution in [-0.2, 0) is 6.54 Å². The topological polar surface area (TPSA) is 65.3 Å². The van der Waals surface area contributed by atoms with E-state index in [0.717, 1.165) is 16.7 Å². The minimum Gasteiger partial charge on any atom is -0.268 e. The highest BCUT2D eigenvalue weighted by Crippen LogP contribution is 2.33. The van der Waals surface area contributed by atoms with Gasteiger partial charge in [0.1, 0.15) is 0 Å². The Morgan fingerprint density at radius 3 is 2.55 bits per heavy atom. The smallest absolute Gasteiger partial charge is 0.268 e. The molecule has 0 aliphatic heterocycles. The van der Waals surface area contributed by atoms with Gasteiger partial charge in [0.2, 0.25) is 0 Å². The summed E-state index contributed by atoms with van der Waals surface area (Å²) in [6.07, 6.45) is 1.79. The molecule has 1 aromatic heterocycles. The van der Waals surface area contributed by atoms with E-state index in [1.165, 1.54) is 6.07 Å². The molecular weight excluding hydrogens is 364 g/mol. The first-order chi connectivity index (χ1) is 14.1. The zero-order valence-electron chi connectivity index (χ0n) is 15.4. The number of nitrogens with zero attached hydrogens (tertiary/aromatic N) is 4. The molecule has 4 rings (SSSR count). The minimum absolute atomic E-state index is 0.0185. The molecule has 0 fully saturated rings. The number of nitro benzene ring substituents is 1. The molecule has 0 saturated heterocycles. The molecule has 0 spiro atoms. The van der Waals surface area contributed by atoms with E-state index in [9.17, 15) is 10.1 Å². The normalized spacial score (nSPS) is 10.4. The number of nitro groups is 1. The Bertz CT molecular complexity index is 1220. The third-order valence-corrected chi connectivity index (χ3v) is 4.60. The second-order valence-electron chi connectivity index (χ2n) is 6.54. The maximum absolute atomic E-state index is 11.6. The number of aromatic nitrogens is 2. The third-order valence-electron chi connectivity index (χ3n) is 4.60. The molecule has 1 heterocycles. The van der Waals surface area contributed by atoms with E-state index in [0.29, 0.717) is 23.5 Å². The van der Waals surface area contributed by atoms with Gasteiger partial charge in [-0.15, -0.1) is 0 Å². The highest BCUT2D eigenvalue weighted by molar-refractivity contribution is 5.78. The predicted molar refractivity (Wildman–Crippen MR) is 112 cm³/mol. The van der Waals surface area contributed by atoms with Crippen LogP contribution in [0.25, 0.3) is 27.2 Å². The Morgan fingerprint density at radius 1 is 0.966 bits per heavy atom. The molecule has 0 amide bonds. The Kier molecular flexibility index (Phi) is 4.87. The molecule has 0 saturated carbocycles. The highest BCUT2D eigenvalue weighted by atomic mass is 16.6. The first-order valence-electron chi connectivity index (χ1n) is 8.98. The van der Waals surface area contributed by atoms with Crippen molar-refractivity contribution in [1.82, 2.24) is 9.78 Å². The maximum atomic E-state index is 11.6. The van der Waals surface area contributed by atoms with Crippen LogP contribution in [0.2, 0.25) is 0 Å². The van der Waals surface area contributed by atoms with E-state index >= 15 is 0 Å². The molecule has 6 nitrogen and oxygen atoms in total. The molecular formula is C23H16N4O2. The van der Waals surface area contributed by atoms with Gasteiger partial charge in [-0.05, 0) is 34.9 Å². The lowest BCUT2D eigenvalue weighted by molar-refractivity contribution is -0.384. The van der Waals surface area contributed by atoms with E-state index in [1.807, 2.05) is 48.5 Å². The first kappa shape index (κ1) is 18.1. The molecule has 140 valence electrons. The van der Waals surface area contributed by atoms with Gasteiger partial charge < -0.3 is 0 Å². The molecule has 0 N–H and O–H groups in total. The van der Waals surface area contributed by atoms with E-state index < -0.39 is 0 Å². The molecule has 0 bridgehead atoms.